The number of aromatic nitrogens is 3. The summed E-state index contributed by atoms with van der Waals surface area (Å²) in [5, 5.41) is 4.34. The molecule has 1 N–H and O–H groups in total. The molecule has 0 radical (unpaired) electrons. The highest BCUT2D eigenvalue weighted by Gasteiger charge is 2.29. The van der Waals surface area contributed by atoms with Crippen LogP contribution in [0.2, 0.25) is 5.15 Å². The third-order valence-electron chi connectivity index (χ3n) is 5.37. The first-order valence-corrected chi connectivity index (χ1v) is 12.8. The quantitative estimate of drug-likeness (QED) is 0.287. The summed E-state index contributed by atoms with van der Waals surface area (Å²) in [6.07, 6.45) is 2.05. The van der Waals surface area contributed by atoms with E-state index in [1.165, 1.54) is 11.8 Å². The predicted octanol–water partition coefficient (Wildman–Crippen LogP) is 6.25. The lowest BCUT2D eigenvalue weighted by atomic mass is 9.93. The van der Waals surface area contributed by atoms with Crippen LogP contribution in [0, 0.1) is 5.82 Å². The molecule has 0 spiro atoms. The minimum atomic E-state index is -0.635. The first-order valence-electron chi connectivity index (χ1n) is 11.5. The van der Waals surface area contributed by atoms with Gasteiger partial charge < -0.3 is 15.0 Å². The number of nitrogens with zero attached hydrogens (tertiary/aromatic N) is 4. The Morgan fingerprint density at radius 3 is 2.64 bits per heavy atom. The first-order chi connectivity index (χ1) is 15.5. The van der Waals surface area contributed by atoms with Gasteiger partial charge in [0.15, 0.2) is 16.1 Å². The van der Waals surface area contributed by atoms with Gasteiger partial charge in [0.25, 0.3) is 0 Å². The fourth-order valence-electron chi connectivity index (χ4n) is 3.91. The van der Waals surface area contributed by atoms with Gasteiger partial charge in [-0.25, -0.2) is 24.1 Å². The molecule has 2 aromatic heterocycles. The summed E-state index contributed by atoms with van der Waals surface area (Å²) in [6.45, 7) is 12.7. The normalized spacial score (nSPS) is 18.4. The monoisotopic (exact) mass is 497 g/mol. The molecule has 0 fully saturated rings. The van der Waals surface area contributed by atoms with Crippen LogP contribution in [0.5, 0.6) is 0 Å². The number of carbonyl (C=O) groups excluding carboxylic acids is 1. The van der Waals surface area contributed by atoms with Crippen molar-refractivity contribution >= 4 is 46.2 Å². The van der Waals surface area contributed by atoms with Gasteiger partial charge in [-0.3, -0.25) is 0 Å². The smallest absolute Gasteiger partial charge is 0.410 e. The molecule has 0 bridgehead atoms. The highest BCUT2D eigenvalue weighted by atomic mass is 35.5. The number of halogens is 2. The maximum atomic E-state index is 15.0. The van der Waals surface area contributed by atoms with E-state index in [4.69, 9.17) is 21.3 Å². The highest BCUT2D eigenvalue weighted by Crippen LogP contribution is 2.38. The number of pyridine rings is 1. The molecule has 0 aliphatic carbocycles. The van der Waals surface area contributed by atoms with Crippen LogP contribution < -0.4 is 5.32 Å². The van der Waals surface area contributed by atoms with Crippen molar-refractivity contribution in [3.05, 3.63) is 16.7 Å². The zero-order valence-electron chi connectivity index (χ0n) is 20.2. The zero-order chi connectivity index (χ0) is 24.3. The Kier molecular flexibility index (Phi) is 8.26. The topological polar surface area (TPSA) is 80.2 Å². The van der Waals surface area contributed by atoms with E-state index in [0.29, 0.717) is 35.1 Å². The van der Waals surface area contributed by atoms with Crippen molar-refractivity contribution < 1.29 is 13.9 Å². The van der Waals surface area contributed by atoms with Crippen LogP contribution in [-0.4, -0.2) is 56.4 Å². The van der Waals surface area contributed by atoms with Crippen molar-refractivity contribution in [1.82, 2.24) is 19.9 Å². The van der Waals surface area contributed by atoms with Gasteiger partial charge in [-0.15, -0.1) is 0 Å². The second kappa shape index (κ2) is 10.6. The maximum absolute atomic E-state index is 15.0. The van der Waals surface area contributed by atoms with Crippen LogP contribution >= 0.6 is 23.4 Å². The summed E-state index contributed by atoms with van der Waals surface area (Å²) in [5.74, 6) is 0.681. The second-order valence-electron chi connectivity index (χ2n) is 9.36. The molecule has 2 unspecified atom stereocenters. The van der Waals surface area contributed by atoms with Crippen LogP contribution in [0.4, 0.5) is 15.0 Å². The van der Waals surface area contributed by atoms with Gasteiger partial charge in [0.1, 0.15) is 16.9 Å². The molecule has 7 nitrogen and oxygen atoms in total. The Hall–Kier alpha value is -1.87. The number of anilines is 1. The van der Waals surface area contributed by atoms with Crippen molar-refractivity contribution in [3.8, 4) is 0 Å². The van der Waals surface area contributed by atoms with Gasteiger partial charge in [-0.2, -0.15) is 0 Å². The molecule has 182 valence electrons. The van der Waals surface area contributed by atoms with Gasteiger partial charge in [0.05, 0.1) is 11.1 Å². The van der Waals surface area contributed by atoms with E-state index in [2.05, 4.69) is 22.2 Å². The summed E-state index contributed by atoms with van der Waals surface area (Å²) in [5.41, 5.74) is 0.310. The van der Waals surface area contributed by atoms with Crippen LogP contribution in [0.1, 0.15) is 72.4 Å². The van der Waals surface area contributed by atoms with E-state index in [1.807, 2.05) is 34.6 Å². The molecular weight excluding hydrogens is 465 g/mol. The zero-order valence-corrected chi connectivity index (χ0v) is 21.7. The number of carbonyl (C=O) groups is 1. The predicted molar refractivity (Wildman–Crippen MR) is 132 cm³/mol. The molecule has 1 aliphatic rings. The molecular formula is C23H33ClFN5O2S. The van der Waals surface area contributed by atoms with E-state index < -0.39 is 11.4 Å². The minimum absolute atomic E-state index is 0.0309. The van der Waals surface area contributed by atoms with Crippen molar-refractivity contribution in [2.75, 3.05) is 24.2 Å². The van der Waals surface area contributed by atoms with Gasteiger partial charge in [0, 0.05) is 19.1 Å². The van der Waals surface area contributed by atoms with Crippen molar-refractivity contribution in [3.63, 3.8) is 0 Å². The number of nitrogens with one attached hydrogen (secondary N) is 1. The minimum Gasteiger partial charge on any atom is -0.444 e. The molecule has 0 saturated heterocycles. The van der Waals surface area contributed by atoms with E-state index in [-0.39, 0.29) is 28.7 Å². The Morgan fingerprint density at radius 2 is 2.00 bits per heavy atom. The van der Waals surface area contributed by atoms with Crippen molar-refractivity contribution in [1.29, 1.82) is 0 Å². The Morgan fingerprint density at radius 1 is 1.27 bits per heavy atom. The Balaban J connectivity index is 2.01. The molecule has 0 saturated carbocycles. The van der Waals surface area contributed by atoms with E-state index >= 15 is 0 Å². The standard InChI is InChI=1S/C23H33ClFN5O2S/c1-7-11-30(22(31)32-23(4,5)6)12-14-10-9-13(3)17-15-18(16(25)19(24)27-17)28-21(33-8-2)29-20(15)26-14/h13-14H,7-12H2,1-6H3,(H,26,28,29). The molecule has 33 heavy (non-hydrogen) atoms. The van der Waals surface area contributed by atoms with Crippen LogP contribution in [0.15, 0.2) is 5.16 Å². The molecule has 3 rings (SSSR count). The summed E-state index contributed by atoms with van der Waals surface area (Å²) in [7, 11) is 0. The van der Waals surface area contributed by atoms with Gasteiger partial charge >= 0.3 is 6.09 Å². The number of amides is 1. The molecule has 1 aliphatic heterocycles. The fraction of sp³-hybridized carbons (Fsp3) is 0.652. The average Bonchev–Trinajstić information content (AvgIpc) is 2.72. The molecule has 0 aromatic carbocycles. The van der Waals surface area contributed by atoms with Crippen molar-refractivity contribution in [2.45, 2.75) is 83.5 Å². The van der Waals surface area contributed by atoms with Crippen LogP contribution in [0.3, 0.4) is 0 Å². The third-order valence-corrected chi connectivity index (χ3v) is 6.35. The summed E-state index contributed by atoms with van der Waals surface area (Å²) >= 11 is 7.56. The summed E-state index contributed by atoms with van der Waals surface area (Å²) < 4.78 is 20.6. The fourth-order valence-corrected chi connectivity index (χ4v) is 4.67. The van der Waals surface area contributed by atoms with Crippen molar-refractivity contribution in [2.24, 2.45) is 0 Å². The first kappa shape index (κ1) is 25.7. The number of hydrogen-bond donors (Lipinski definition) is 1. The maximum Gasteiger partial charge on any atom is 0.410 e. The molecule has 3 heterocycles. The number of rotatable bonds is 6. The molecule has 1 amide bonds. The number of thioether (sulfide) groups is 1. The number of ether oxygens (including phenoxy) is 1. The number of hydrogen-bond acceptors (Lipinski definition) is 7. The Bertz CT molecular complexity index is 1020. The average molecular weight is 498 g/mol. The van der Waals surface area contributed by atoms with E-state index in [1.54, 1.807) is 4.90 Å². The lowest BCUT2D eigenvalue weighted by molar-refractivity contribution is 0.0240. The molecule has 2 atom stereocenters. The lowest BCUT2D eigenvalue weighted by Gasteiger charge is -2.32. The van der Waals surface area contributed by atoms with Crippen LogP contribution in [0.25, 0.3) is 10.9 Å². The largest absolute Gasteiger partial charge is 0.444 e. The van der Waals surface area contributed by atoms with Gasteiger partial charge in [-0.1, -0.05) is 44.1 Å². The summed E-state index contributed by atoms with van der Waals surface area (Å²) in [6, 6.07) is -0.0871. The van der Waals surface area contributed by atoms with E-state index in [9.17, 15) is 9.18 Å². The lowest BCUT2D eigenvalue weighted by Crippen LogP contribution is -2.44. The Labute approximate surface area is 204 Å². The highest BCUT2D eigenvalue weighted by molar-refractivity contribution is 7.99. The van der Waals surface area contributed by atoms with Gasteiger partial charge in [0.2, 0.25) is 0 Å². The van der Waals surface area contributed by atoms with E-state index in [0.717, 1.165) is 25.0 Å². The molecule has 10 heteroatoms. The molecule has 2 aromatic rings. The van der Waals surface area contributed by atoms with Crippen LogP contribution in [-0.2, 0) is 4.74 Å². The SMILES string of the molecule is CCCN(CC1CCC(C)c2nc(Cl)c(F)c3nc(SCC)nc(c23)N1)C(=O)OC(C)(C)C. The third kappa shape index (κ3) is 6.18. The summed E-state index contributed by atoms with van der Waals surface area (Å²) in [4.78, 5) is 28.0. The second-order valence-corrected chi connectivity index (χ2v) is 10.9. The van der Waals surface area contributed by atoms with Gasteiger partial charge in [-0.05, 0) is 51.7 Å².